The average molecular weight is 278 g/mol. The van der Waals surface area contributed by atoms with Gasteiger partial charge in [-0.2, -0.15) is 11.8 Å². The first-order valence-electron chi connectivity index (χ1n) is 5.08. The highest BCUT2D eigenvalue weighted by Crippen LogP contribution is 2.25. The summed E-state index contributed by atoms with van der Waals surface area (Å²) >= 11 is 1.61. The number of hydrogen-bond donors (Lipinski definition) is 1. The maximum absolute atomic E-state index is 11.7. The largest absolute Gasteiger partial charge is 0.407 e. The van der Waals surface area contributed by atoms with Crippen molar-refractivity contribution in [1.29, 1.82) is 0 Å². The van der Waals surface area contributed by atoms with Crippen LogP contribution in [0, 0.1) is 0 Å². The number of thioether (sulfide) groups is 1. The molecule has 1 saturated heterocycles. The smallest absolute Gasteiger partial charge is 0.319 e. The quantitative estimate of drug-likeness (QED) is 0.786. The Labute approximate surface area is 104 Å². The lowest BCUT2D eigenvalue weighted by Crippen LogP contribution is -2.47. The first-order valence-corrected chi connectivity index (χ1v) is 8.19. The van der Waals surface area contributed by atoms with Crippen molar-refractivity contribution >= 4 is 27.6 Å². The zero-order valence-corrected chi connectivity index (χ0v) is 11.0. The molecule has 17 heavy (non-hydrogen) atoms. The molecule has 0 bridgehead atoms. The van der Waals surface area contributed by atoms with Gasteiger partial charge in [0.2, 0.25) is 5.89 Å². The molecule has 9 heteroatoms. The summed E-state index contributed by atoms with van der Waals surface area (Å²) in [6.45, 7) is 0.730. The summed E-state index contributed by atoms with van der Waals surface area (Å²) in [5.41, 5.74) is 5.38. The van der Waals surface area contributed by atoms with Crippen LogP contribution in [0.1, 0.15) is 5.89 Å². The second-order valence-corrected chi connectivity index (χ2v) is 7.09. The van der Waals surface area contributed by atoms with Crippen molar-refractivity contribution in [2.75, 3.05) is 29.2 Å². The highest BCUT2D eigenvalue weighted by atomic mass is 32.2. The Balaban J connectivity index is 2.27. The van der Waals surface area contributed by atoms with Crippen LogP contribution in [-0.4, -0.2) is 48.3 Å². The van der Waals surface area contributed by atoms with Crippen LogP contribution in [0.5, 0.6) is 0 Å². The van der Waals surface area contributed by atoms with Crippen molar-refractivity contribution in [2.45, 2.75) is 11.9 Å². The average Bonchev–Trinajstić information content (AvgIpc) is 2.76. The summed E-state index contributed by atoms with van der Waals surface area (Å²) < 4.78 is 28.7. The van der Waals surface area contributed by atoms with E-state index in [-0.39, 0.29) is 12.6 Å². The molecule has 96 valence electrons. The molecule has 1 atom stereocenters. The van der Waals surface area contributed by atoms with E-state index in [1.807, 2.05) is 0 Å². The molecule has 2 heterocycles. The molecule has 1 unspecified atom stereocenters. The van der Waals surface area contributed by atoms with E-state index >= 15 is 0 Å². The van der Waals surface area contributed by atoms with Crippen molar-refractivity contribution in [3.05, 3.63) is 5.89 Å². The van der Waals surface area contributed by atoms with Crippen LogP contribution in [0.3, 0.4) is 0 Å². The third-order valence-electron chi connectivity index (χ3n) is 2.46. The third-order valence-corrected chi connectivity index (χ3v) is 5.10. The van der Waals surface area contributed by atoms with E-state index in [4.69, 9.17) is 10.2 Å². The molecule has 0 aromatic carbocycles. The summed E-state index contributed by atoms with van der Waals surface area (Å²) in [4.78, 5) is 1.64. The summed E-state index contributed by atoms with van der Waals surface area (Å²) in [6.07, 6.45) is 1.22. The minimum Gasteiger partial charge on any atom is -0.407 e. The van der Waals surface area contributed by atoms with Crippen molar-refractivity contribution in [3.8, 4) is 0 Å². The highest BCUT2D eigenvalue weighted by Gasteiger charge is 2.33. The molecule has 0 spiro atoms. The fraction of sp³-hybridized carbons (Fsp3) is 0.750. The van der Waals surface area contributed by atoms with E-state index in [1.54, 1.807) is 16.7 Å². The first-order chi connectivity index (χ1) is 8.02. The molecule has 0 saturated carbocycles. The molecule has 1 fully saturated rings. The zero-order valence-electron chi connectivity index (χ0n) is 9.37. The molecule has 0 aliphatic carbocycles. The highest BCUT2D eigenvalue weighted by molar-refractivity contribution is 8.01. The van der Waals surface area contributed by atoms with Crippen LogP contribution >= 0.6 is 11.8 Å². The van der Waals surface area contributed by atoms with Crippen LogP contribution < -0.4 is 10.6 Å². The first kappa shape index (κ1) is 12.7. The predicted octanol–water partition coefficient (Wildman–Crippen LogP) is -0.548. The van der Waals surface area contributed by atoms with E-state index in [1.165, 1.54) is 6.26 Å². The Bertz CT molecular complexity index is 487. The molecule has 1 aliphatic heterocycles. The number of sulfone groups is 1. The van der Waals surface area contributed by atoms with E-state index in [0.717, 1.165) is 5.75 Å². The second kappa shape index (κ2) is 4.83. The number of hydrogen-bond acceptors (Lipinski definition) is 8. The third kappa shape index (κ3) is 2.72. The maximum Gasteiger partial charge on any atom is 0.319 e. The molecular weight excluding hydrogens is 264 g/mol. The van der Waals surface area contributed by atoms with Gasteiger partial charge < -0.3 is 15.1 Å². The van der Waals surface area contributed by atoms with Gasteiger partial charge in [0, 0.05) is 24.3 Å². The van der Waals surface area contributed by atoms with Crippen molar-refractivity contribution in [3.63, 3.8) is 0 Å². The molecule has 7 nitrogen and oxygen atoms in total. The van der Waals surface area contributed by atoms with Gasteiger partial charge >= 0.3 is 6.01 Å². The predicted molar refractivity (Wildman–Crippen MR) is 65.5 cm³/mol. The Morgan fingerprint density at radius 1 is 1.59 bits per heavy atom. The number of anilines is 1. The molecule has 0 radical (unpaired) electrons. The summed E-state index contributed by atoms with van der Waals surface area (Å²) in [6, 6.07) is 0.237. The van der Waals surface area contributed by atoms with Gasteiger partial charge in [-0.1, -0.05) is 5.10 Å². The topological polar surface area (TPSA) is 102 Å². The lowest BCUT2D eigenvalue weighted by Gasteiger charge is -2.32. The van der Waals surface area contributed by atoms with Gasteiger partial charge in [-0.05, 0) is 0 Å². The minimum atomic E-state index is -3.17. The molecule has 2 N–H and O–H groups in total. The molecule has 1 aliphatic rings. The summed E-state index contributed by atoms with van der Waals surface area (Å²) in [7, 11) is -3.17. The zero-order chi connectivity index (χ0) is 12.5. The number of aromatic nitrogens is 2. The van der Waals surface area contributed by atoms with Crippen molar-refractivity contribution < 1.29 is 12.8 Å². The van der Waals surface area contributed by atoms with E-state index in [2.05, 4.69) is 10.2 Å². The molecule has 0 amide bonds. The fourth-order valence-corrected chi connectivity index (χ4v) is 4.41. The van der Waals surface area contributed by atoms with Crippen molar-refractivity contribution in [2.24, 2.45) is 5.73 Å². The van der Waals surface area contributed by atoms with Gasteiger partial charge in [-0.25, -0.2) is 8.42 Å². The minimum absolute atomic E-state index is 0.152. The van der Waals surface area contributed by atoms with Gasteiger partial charge in [-0.3, -0.25) is 0 Å². The van der Waals surface area contributed by atoms with Crippen LogP contribution in [0.25, 0.3) is 0 Å². The van der Waals surface area contributed by atoms with E-state index in [9.17, 15) is 8.42 Å². The monoisotopic (exact) mass is 278 g/mol. The molecule has 1 aromatic rings. The Morgan fingerprint density at radius 3 is 2.94 bits per heavy atom. The SMILES string of the molecule is CS(=O)(=O)C1CSCCN1c1nnc(CN)o1. The van der Waals surface area contributed by atoms with Gasteiger partial charge in [0.25, 0.3) is 0 Å². The second-order valence-electron chi connectivity index (χ2n) is 3.73. The van der Waals surface area contributed by atoms with Gasteiger partial charge in [-0.15, -0.1) is 5.10 Å². The van der Waals surface area contributed by atoms with Gasteiger partial charge in [0.05, 0.1) is 6.54 Å². The normalized spacial score (nSPS) is 21.8. The molecular formula is C8H14N4O3S2. The maximum atomic E-state index is 11.7. The fourth-order valence-electron chi connectivity index (χ4n) is 1.60. The lowest BCUT2D eigenvalue weighted by atomic mass is 10.5. The van der Waals surface area contributed by atoms with Gasteiger partial charge in [0.1, 0.15) is 5.37 Å². The van der Waals surface area contributed by atoms with Crippen molar-refractivity contribution in [1.82, 2.24) is 10.2 Å². The van der Waals surface area contributed by atoms with Crippen LogP contribution in [0.4, 0.5) is 6.01 Å². The van der Waals surface area contributed by atoms with Crippen LogP contribution in [0.2, 0.25) is 0 Å². The summed E-state index contributed by atoms with van der Waals surface area (Å²) in [5, 5.41) is 6.97. The van der Waals surface area contributed by atoms with E-state index < -0.39 is 15.2 Å². The van der Waals surface area contributed by atoms with E-state index in [0.29, 0.717) is 18.2 Å². The Hall–Kier alpha value is -0.800. The molecule has 1 aromatic heterocycles. The van der Waals surface area contributed by atoms with Gasteiger partial charge in [0.15, 0.2) is 9.84 Å². The molecule has 2 rings (SSSR count). The lowest BCUT2D eigenvalue weighted by molar-refractivity contribution is 0.480. The Morgan fingerprint density at radius 2 is 2.35 bits per heavy atom. The Kier molecular flexibility index (Phi) is 3.59. The standard InChI is InChI=1S/C8H14N4O3S2/c1-17(13,14)7-5-16-3-2-12(7)8-11-10-6(4-9)15-8/h7H,2-5,9H2,1H3. The van der Waals surface area contributed by atoms with Crippen LogP contribution in [-0.2, 0) is 16.4 Å². The van der Waals surface area contributed by atoms with Crippen LogP contribution in [0.15, 0.2) is 4.42 Å². The summed E-state index contributed by atoms with van der Waals surface area (Å²) in [5.74, 6) is 1.66. The number of nitrogens with zero attached hydrogens (tertiary/aromatic N) is 3. The number of nitrogens with two attached hydrogens (primary N) is 1. The number of rotatable bonds is 3.